The Morgan fingerprint density at radius 3 is 1.89 bits per heavy atom. The van der Waals surface area contributed by atoms with Crippen LogP contribution in [0.15, 0.2) is 103 Å². The Morgan fingerprint density at radius 2 is 1.32 bits per heavy atom. The number of allylic oxidation sites excluding steroid dienone is 1. The van der Waals surface area contributed by atoms with E-state index in [1.165, 1.54) is 10.8 Å². The Kier molecular flexibility index (Phi) is 6.43. The van der Waals surface area contributed by atoms with Crippen LogP contribution in [-0.2, 0) is 0 Å². The predicted octanol–water partition coefficient (Wildman–Crippen LogP) is 6.22. The van der Waals surface area contributed by atoms with Gasteiger partial charge in [-0.25, -0.2) is 0 Å². The van der Waals surface area contributed by atoms with Crippen molar-refractivity contribution >= 4 is 19.0 Å². The van der Waals surface area contributed by atoms with Crippen molar-refractivity contribution in [2.75, 3.05) is 0 Å². The van der Waals surface area contributed by atoms with Gasteiger partial charge in [0.2, 0.25) is 0 Å². The quantitative estimate of drug-likeness (QED) is 0.256. The summed E-state index contributed by atoms with van der Waals surface area (Å²) in [5, 5.41) is 1.43. The molecule has 2 heteroatoms. The van der Waals surface area contributed by atoms with E-state index in [0.717, 1.165) is 17.2 Å². The van der Waals surface area contributed by atoms with Crippen LogP contribution in [0.3, 0.4) is 0 Å². The molecular weight excluding hydrogens is 356 g/mol. The molecule has 0 aliphatic heterocycles. The van der Waals surface area contributed by atoms with Crippen LogP contribution < -0.4 is 5.19 Å². The van der Waals surface area contributed by atoms with Crippen LogP contribution in [0.1, 0.15) is 28.3 Å². The Hall–Kier alpha value is -2.71. The van der Waals surface area contributed by atoms with E-state index in [1.54, 1.807) is 0 Å². The minimum absolute atomic E-state index is 0.0457. The molecule has 0 amide bonds. The molecule has 3 aromatic rings. The third-order valence-electron chi connectivity index (χ3n) is 5.40. The van der Waals surface area contributed by atoms with E-state index in [9.17, 15) is 4.79 Å². The average Bonchev–Trinajstić information content (AvgIpc) is 2.73. The molecule has 0 heterocycles. The van der Waals surface area contributed by atoms with Gasteiger partial charge in [0, 0.05) is 17.9 Å². The first-order chi connectivity index (χ1) is 13.5. The van der Waals surface area contributed by atoms with Gasteiger partial charge >= 0.3 is 0 Å². The molecule has 3 aromatic carbocycles. The van der Waals surface area contributed by atoms with E-state index >= 15 is 0 Å². The summed E-state index contributed by atoms with van der Waals surface area (Å²) in [7, 11) is -1.68. The summed E-state index contributed by atoms with van der Waals surface area (Å²) < 4.78 is 0. The van der Waals surface area contributed by atoms with Gasteiger partial charge in [0.15, 0.2) is 5.78 Å². The van der Waals surface area contributed by atoms with E-state index in [2.05, 4.69) is 62.1 Å². The summed E-state index contributed by atoms with van der Waals surface area (Å²) in [4.78, 5) is 12.9. The number of rotatable bonds is 8. The van der Waals surface area contributed by atoms with Crippen LogP contribution in [0.25, 0.3) is 0 Å². The molecule has 0 spiro atoms. The standard InChI is InChI=1S/C26H28OSi/c1-21(20-28(2,3)24-17-11-6-12-18-24)25(22-13-7-4-8-14-22)19-26(27)23-15-9-5-10-16-23/h4-18,25H,1,19-20H2,2-3H3. The number of carbonyl (C=O) groups excluding carboxylic acids is 1. The third-order valence-corrected chi connectivity index (χ3v) is 8.64. The SMILES string of the molecule is C=C(C[Si](C)(C)c1ccccc1)C(CC(=O)c1ccccc1)c1ccccc1. The van der Waals surface area contributed by atoms with Crippen LogP contribution in [0.2, 0.25) is 19.1 Å². The minimum Gasteiger partial charge on any atom is -0.294 e. The fourth-order valence-corrected chi connectivity index (χ4v) is 6.47. The number of hydrogen-bond acceptors (Lipinski definition) is 1. The number of carbonyl (C=O) groups is 1. The van der Waals surface area contributed by atoms with E-state index < -0.39 is 8.07 Å². The average molecular weight is 385 g/mol. The van der Waals surface area contributed by atoms with Gasteiger partial charge in [-0.3, -0.25) is 4.79 Å². The van der Waals surface area contributed by atoms with Gasteiger partial charge in [0.1, 0.15) is 0 Å². The van der Waals surface area contributed by atoms with Crippen molar-refractivity contribution in [2.45, 2.75) is 31.5 Å². The summed E-state index contributed by atoms with van der Waals surface area (Å²) in [6.45, 7) is 9.24. The van der Waals surface area contributed by atoms with Gasteiger partial charge in [-0.1, -0.05) is 121 Å². The Labute approximate surface area is 169 Å². The summed E-state index contributed by atoms with van der Waals surface area (Å²) in [6, 6.07) is 31.6. The van der Waals surface area contributed by atoms with Crippen molar-refractivity contribution in [2.24, 2.45) is 0 Å². The highest BCUT2D eigenvalue weighted by atomic mass is 28.3. The molecule has 0 aromatic heterocycles. The van der Waals surface area contributed by atoms with E-state index in [4.69, 9.17) is 0 Å². The minimum atomic E-state index is -1.68. The molecule has 28 heavy (non-hydrogen) atoms. The van der Waals surface area contributed by atoms with Crippen LogP contribution >= 0.6 is 0 Å². The zero-order valence-corrected chi connectivity index (χ0v) is 17.8. The van der Waals surface area contributed by atoms with E-state index in [-0.39, 0.29) is 11.7 Å². The zero-order chi connectivity index (χ0) is 20.0. The molecule has 0 saturated heterocycles. The maximum atomic E-state index is 12.9. The molecule has 0 aliphatic rings. The van der Waals surface area contributed by atoms with Gasteiger partial charge in [0.05, 0.1) is 8.07 Å². The van der Waals surface area contributed by atoms with E-state index in [0.29, 0.717) is 6.42 Å². The fraction of sp³-hybridized carbons (Fsp3) is 0.192. The van der Waals surface area contributed by atoms with Crippen molar-refractivity contribution in [1.29, 1.82) is 0 Å². The van der Waals surface area contributed by atoms with Gasteiger partial charge in [-0.2, -0.15) is 0 Å². The summed E-state index contributed by atoms with van der Waals surface area (Å²) >= 11 is 0. The van der Waals surface area contributed by atoms with Crippen molar-refractivity contribution in [3.63, 3.8) is 0 Å². The second-order valence-corrected chi connectivity index (χ2v) is 12.7. The first kappa shape index (κ1) is 20.0. The van der Waals surface area contributed by atoms with E-state index in [1.807, 2.05) is 48.5 Å². The lowest BCUT2D eigenvalue weighted by Gasteiger charge is -2.28. The largest absolute Gasteiger partial charge is 0.294 e. The molecule has 0 fully saturated rings. The maximum absolute atomic E-state index is 12.9. The summed E-state index contributed by atoms with van der Waals surface area (Å²) in [5.74, 6) is 0.221. The summed E-state index contributed by atoms with van der Waals surface area (Å²) in [5.41, 5.74) is 3.11. The zero-order valence-electron chi connectivity index (χ0n) is 16.8. The van der Waals surface area contributed by atoms with Gasteiger partial charge < -0.3 is 0 Å². The number of ketones is 1. The molecule has 0 saturated carbocycles. The monoisotopic (exact) mass is 384 g/mol. The predicted molar refractivity (Wildman–Crippen MR) is 122 cm³/mol. The van der Waals surface area contributed by atoms with Crippen molar-refractivity contribution in [3.8, 4) is 0 Å². The lowest BCUT2D eigenvalue weighted by atomic mass is 9.87. The molecule has 0 bridgehead atoms. The maximum Gasteiger partial charge on any atom is 0.163 e. The lowest BCUT2D eigenvalue weighted by molar-refractivity contribution is 0.0977. The topological polar surface area (TPSA) is 17.1 Å². The number of benzene rings is 3. The Balaban J connectivity index is 1.84. The van der Waals surface area contributed by atoms with Crippen molar-refractivity contribution < 1.29 is 4.79 Å². The second kappa shape index (κ2) is 8.98. The van der Waals surface area contributed by atoms with Gasteiger partial charge in [-0.15, -0.1) is 0 Å². The molecule has 0 aliphatic carbocycles. The fourth-order valence-electron chi connectivity index (χ4n) is 3.79. The molecule has 1 unspecified atom stereocenters. The van der Waals surface area contributed by atoms with Gasteiger partial charge in [-0.05, 0) is 11.6 Å². The molecule has 1 atom stereocenters. The first-order valence-corrected chi connectivity index (χ1v) is 13.0. The summed E-state index contributed by atoms with van der Waals surface area (Å²) in [6.07, 6.45) is 0.464. The van der Waals surface area contributed by atoms with Crippen LogP contribution in [-0.4, -0.2) is 13.9 Å². The normalized spacial score (nSPS) is 12.4. The lowest BCUT2D eigenvalue weighted by Crippen LogP contribution is -2.41. The molecule has 3 rings (SSSR count). The smallest absolute Gasteiger partial charge is 0.163 e. The highest BCUT2D eigenvalue weighted by Crippen LogP contribution is 2.33. The van der Waals surface area contributed by atoms with Crippen LogP contribution in [0.4, 0.5) is 0 Å². The van der Waals surface area contributed by atoms with Crippen molar-refractivity contribution in [3.05, 3.63) is 114 Å². The molecule has 1 nitrogen and oxygen atoms in total. The van der Waals surface area contributed by atoms with Gasteiger partial charge in [0.25, 0.3) is 0 Å². The molecule has 0 radical (unpaired) electrons. The molecule has 0 N–H and O–H groups in total. The number of Topliss-reactive ketones (excluding diaryl/α,β-unsaturated/α-hetero) is 1. The highest BCUT2D eigenvalue weighted by Gasteiger charge is 2.28. The molecular formula is C26H28OSi. The van der Waals surface area contributed by atoms with Crippen molar-refractivity contribution in [1.82, 2.24) is 0 Å². The second-order valence-electron chi connectivity index (χ2n) is 8.04. The Bertz CT molecular complexity index is 914. The Morgan fingerprint density at radius 1 is 0.821 bits per heavy atom. The highest BCUT2D eigenvalue weighted by molar-refractivity contribution is 6.90. The first-order valence-electron chi connectivity index (χ1n) is 9.84. The van der Waals surface area contributed by atoms with Crippen LogP contribution in [0.5, 0.6) is 0 Å². The van der Waals surface area contributed by atoms with Crippen LogP contribution in [0, 0.1) is 0 Å². The number of hydrogen-bond donors (Lipinski definition) is 0. The third kappa shape index (κ3) is 4.96. The molecule has 142 valence electrons.